The average Bonchev–Trinajstić information content (AvgIpc) is 2.83. The highest BCUT2D eigenvalue weighted by atomic mass is 79.9. The van der Waals surface area contributed by atoms with Gasteiger partial charge in [0.2, 0.25) is 0 Å². The molecule has 3 aromatic rings. The fourth-order valence-corrected chi connectivity index (χ4v) is 3.43. The summed E-state index contributed by atoms with van der Waals surface area (Å²) in [7, 11) is 1.48. The first-order chi connectivity index (χ1) is 16.3. The lowest BCUT2D eigenvalue weighted by molar-refractivity contribution is -0.394. The maximum absolute atomic E-state index is 12.3. The average molecular weight is 529 g/mol. The molecule has 0 saturated heterocycles. The first kappa shape index (κ1) is 24.3. The third-order valence-electron chi connectivity index (χ3n) is 4.44. The van der Waals surface area contributed by atoms with Gasteiger partial charge in [-0.3, -0.25) is 25.0 Å². The summed E-state index contributed by atoms with van der Waals surface area (Å²) < 4.78 is 11.8. The van der Waals surface area contributed by atoms with Crippen molar-refractivity contribution in [2.45, 2.75) is 6.61 Å². The number of hydrazone groups is 1. The Kier molecular flexibility index (Phi) is 7.88. The second-order valence-electron chi connectivity index (χ2n) is 6.76. The smallest absolute Gasteiger partial charge is 0.277 e. The zero-order valence-electron chi connectivity index (χ0n) is 17.6. The predicted octanol–water partition coefficient (Wildman–Crippen LogP) is 4.62. The molecule has 34 heavy (non-hydrogen) atoms. The molecule has 0 fully saturated rings. The van der Waals surface area contributed by atoms with Gasteiger partial charge >= 0.3 is 0 Å². The van der Waals surface area contributed by atoms with Crippen molar-refractivity contribution in [1.82, 2.24) is 5.43 Å². The van der Waals surface area contributed by atoms with E-state index in [2.05, 4.69) is 26.5 Å². The minimum atomic E-state index is -0.850. The number of nitro groups is 2. The summed E-state index contributed by atoms with van der Waals surface area (Å²) >= 11 is 3.43. The highest BCUT2D eigenvalue weighted by Crippen LogP contribution is 2.36. The third kappa shape index (κ3) is 6.13. The van der Waals surface area contributed by atoms with Gasteiger partial charge in [0.25, 0.3) is 17.3 Å². The molecule has 0 aliphatic carbocycles. The van der Waals surface area contributed by atoms with Crippen molar-refractivity contribution in [3.63, 3.8) is 0 Å². The summed E-state index contributed by atoms with van der Waals surface area (Å²) in [5.41, 5.74) is 2.28. The van der Waals surface area contributed by atoms with Crippen molar-refractivity contribution in [2.75, 3.05) is 7.11 Å². The van der Waals surface area contributed by atoms with Crippen LogP contribution in [0, 0.1) is 20.2 Å². The zero-order chi connectivity index (χ0) is 24.7. The van der Waals surface area contributed by atoms with Crippen molar-refractivity contribution >= 4 is 39.4 Å². The highest BCUT2D eigenvalue weighted by Gasteiger charge is 2.19. The number of methoxy groups -OCH3 is 1. The van der Waals surface area contributed by atoms with Gasteiger partial charge in [-0.15, -0.1) is 0 Å². The van der Waals surface area contributed by atoms with E-state index in [4.69, 9.17) is 9.47 Å². The van der Waals surface area contributed by atoms with E-state index in [1.54, 1.807) is 12.1 Å². The fraction of sp³-hybridized carbons (Fsp3) is 0.0909. The lowest BCUT2D eigenvalue weighted by Crippen LogP contribution is -2.18. The first-order valence-electron chi connectivity index (χ1n) is 9.60. The summed E-state index contributed by atoms with van der Waals surface area (Å²) in [5, 5.41) is 25.8. The van der Waals surface area contributed by atoms with E-state index in [1.165, 1.54) is 13.3 Å². The number of nitrogens with one attached hydrogen (secondary N) is 1. The molecule has 0 aromatic heterocycles. The van der Waals surface area contributed by atoms with E-state index in [1.807, 2.05) is 30.3 Å². The van der Waals surface area contributed by atoms with E-state index in [0.29, 0.717) is 28.1 Å². The van der Waals surface area contributed by atoms with Crippen molar-refractivity contribution in [3.8, 4) is 11.5 Å². The second kappa shape index (κ2) is 11.0. The van der Waals surface area contributed by atoms with Crippen molar-refractivity contribution in [1.29, 1.82) is 0 Å². The number of nitro benzene ring substituents is 2. The van der Waals surface area contributed by atoms with Gasteiger partial charge in [-0.2, -0.15) is 5.10 Å². The lowest BCUT2D eigenvalue weighted by atomic mass is 10.1. The normalized spacial score (nSPS) is 10.6. The predicted molar refractivity (Wildman–Crippen MR) is 126 cm³/mol. The van der Waals surface area contributed by atoms with Crippen LogP contribution in [0.1, 0.15) is 21.5 Å². The topological polar surface area (TPSA) is 146 Å². The minimum absolute atomic E-state index is 0.276. The van der Waals surface area contributed by atoms with Gasteiger partial charge in [0.05, 0.1) is 39.3 Å². The maximum atomic E-state index is 12.3. The minimum Gasteiger partial charge on any atom is -0.493 e. The molecule has 1 N–H and O–H groups in total. The third-order valence-corrected chi connectivity index (χ3v) is 5.03. The van der Waals surface area contributed by atoms with Crippen LogP contribution in [0.25, 0.3) is 0 Å². The zero-order valence-corrected chi connectivity index (χ0v) is 19.2. The molecular formula is C22H17BrN4O7. The monoisotopic (exact) mass is 528 g/mol. The van der Waals surface area contributed by atoms with E-state index in [-0.39, 0.29) is 5.56 Å². The number of amides is 1. The Balaban J connectivity index is 1.74. The van der Waals surface area contributed by atoms with Crippen molar-refractivity contribution in [3.05, 3.63) is 102 Å². The molecule has 0 heterocycles. The summed E-state index contributed by atoms with van der Waals surface area (Å²) in [6.45, 7) is 0.328. The number of nitrogens with zero attached hydrogens (tertiary/aromatic N) is 3. The molecular weight excluding hydrogens is 512 g/mol. The van der Waals surface area contributed by atoms with Crippen LogP contribution in [0.2, 0.25) is 0 Å². The number of carbonyl (C=O) groups is 1. The number of carbonyl (C=O) groups excluding carboxylic acids is 1. The standard InChI is InChI=1S/C22H17BrN4O7/c1-33-20-8-15(7-19(23)21(20)34-13-14-5-3-2-4-6-14)12-24-25-22(28)16-9-17(26(29)30)11-18(10-16)27(31)32/h2-12H,13H2,1H3,(H,25,28)/b24-12-. The molecule has 0 spiro atoms. The van der Waals surface area contributed by atoms with E-state index < -0.39 is 27.1 Å². The molecule has 1 amide bonds. The van der Waals surface area contributed by atoms with Crippen LogP contribution >= 0.6 is 15.9 Å². The Labute approximate surface area is 201 Å². The van der Waals surface area contributed by atoms with E-state index in [9.17, 15) is 25.0 Å². The molecule has 11 nitrogen and oxygen atoms in total. The van der Waals surface area contributed by atoms with Gasteiger partial charge in [-0.25, -0.2) is 5.43 Å². The number of non-ortho nitro benzene ring substituents is 2. The molecule has 0 atom stereocenters. The number of halogens is 1. The summed E-state index contributed by atoms with van der Waals surface area (Å²) in [4.78, 5) is 32.7. The molecule has 0 bridgehead atoms. The van der Waals surface area contributed by atoms with Crippen LogP contribution in [0.15, 0.2) is 70.2 Å². The van der Waals surface area contributed by atoms with E-state index >= 15 is 0 Å². The second-order valence-corrected chi connectivity index (χ2v) is 7.61. The summed E-state index contributed by atoms with van der Waals surface area (Å²) in [5.74, 6) is 0.0562. The molecule has 0 aliphatic rings. The largest absolute Gasteiger partial charge is 0.493 e. The van der Waals surface area contributed by atoms with Gasteiger partial charge in [0.15, 0.2) is 11.5 Å². The number of hydrogen-bond donors (Lipinski definition) is 1. The van der Waals surface area contributed by atoms with Gasteiger partial charge in [0.1, 0.15) is 6.61 Å². The Morgan fingerprint density at radius 3 is 2.29 bits per heavy atom. The summed E-state index contributed by atoms with van der Waals surface area (Å²) in [6, 6.07) is 15.5. The Bertz CT molecular complexity index is 1230. The molecule has 174 valence electrons. The number of rotatable bonds is 9. The molecule has 0 saturated carbocycles. The van der Waals surface area contributed by atoms with Gasteiger partial charge < -0.3 is 9.47 Å². The van der Waals surface area contributed by atoms with Crippen molar-refractivity contribution < 1.29 is 24.1 Å². The number of benzene rings is 3. The summed E-state index contributed by atoms with van der Waals surface area (Å²) in [6.07, 6.45) is 1.32. The van der Waals surface area contributed by atoms with Crippen LogP contribution in [-0.2, 0) is 6.61 Å². The Morgan fingerprint density at radius 1 is 1.06 bits per heavy atom. The van der Waals surface area contributed by atoms with Crippen LogP contribution < -0.4 is 14.9 Å². The SMILES string of the molecule is COc1cc(/C=N\NC(=O)c2cc([N+](=O)[O-])cc([N+](=O)[O-])c2)cc(Br)c1OCc1ccccc1. The Hall–Kier alpha value is -4.32. The number of hydrogen-bond acceptors (Lipinski definition) is 8. The maximum Gasteiger partial charge on any atom is 0.277 e. The van der Waals surface area contributed by atoms with Gasteiger partial charge in [0, 0.05) is 12.1 Å². The van der Waals surface area contributed by atoms with Crippen LogP contribution in [0.3, 0.4) is 0 Å². The van der Waals surface area contributed by atoms with Crippen LogP contribution in [-0.4, -0.2) is 29.1 Å². The molecule has 0 aliphatic heterocycles. The van der Waals surface area contributed by atoms with Gasteiger partial charge in [-0.1, -0.05) is 30.3 Å². The highest BCUT2D eigenvalue weighted by molar-refractivity contribution is 9.10. The Morgan fingerprint density at radius 2 is 1.71 bits per heavy atom. The molecule has 3 rings (SSSR count). The van der Waals surface area contributed by atoms with E-state index in [0.717, 1.165) is 23.8 Å². The number of ether oxygens (including phenoxy) is 2. The van der Waals surface area contributed by atoms with Crippen LogP contribution in [0.5, 0.6) is 11.5 Å². The molecule has 0 unspecified atom stereocenters. The molecule has 3 aromatic carbocycles. The molecule has 12 heteroatoms. The lowest BCUT2D eigenvalue weighted by Gasteiger charge is -2.13. The van der Waals surface area contributed by atoms with Crippen molar-refractivity contribution in [2.24, 2.45) is 5.10 Å². The first-order valence-corrected chi connectivity index (χ1v) is 10.4. The quantitative estimate of drug-likeness (QED) is 0.242. The van der Waals surface area contributed by atoms with Crippen LogP contribution in [0.4, 0.5) is 11.4 Å². The molecule has 0 radical (unpaired) electrons. The van der Waals surface area contributed by atoms with Gasteiger partial charge in [-0.05, 0) is 39.2 Å². The fourth-order valence-electron chi connectivity index (χ4n) is 2.85.